The van der Waals surface area contributed by atoms with Crippen LogP contribution in [-0.4, -0.2) is 53.9 Å². The van der Waals surface area contributed by atoms with Crippen molar-refractivity contribution in [1.82, 2.24) is 20.1 Å². The minimum atomic E-state index is -0.303. The van der Waals surface area contributed by atoms with Crippen LogP contribution in [0.3, 0.4) is 0 Å². The van der Waals surface area contributed by atoms with Gasteiger partial charge in [0.2, 0.25) is 0 Å². The van der Waals surface area contributed by atoms with Crippen molar-refractivity contribution in [2.75, 3.05) is 27.9 Å². The normalized spacial score (nSPS) is 14.7. The number of hydrogen-bond donors (Lipinski definition) is 2. The number of carbonyl (C=O) groups is 1. The maximum Gasteiger partial charge on any atom is 0.273 e. The van der Waals surface area contributed by atoms with Gasteiger partial charge >= 0.3 is 0 Å². The first-order valence-corrected chi connectivity index (χ1v) is 12.4. The molecule has 8 nitrogen and oxygen atoms in total. The van der Waals surface area contributed by atoms with E-state index in [-0.39, 0.29) is 11.9 Å². The Morgan fingerprint density at radius 1 is 0.895 bits per heavy atom. The van der Waals surface area contributed by atoms with Crippen LogP contribution in [0.25, 0.3) is 22.2 Å². The summed E-state index contributed by atoms with van der Waals surface area (Å²) in [4.78, 5) is 19.0. The lowest BCUT2D eigenvalue weighted by molar-refractivity contribution is 0.0746. The number of aromatic amines is 2. The number of ether oxygens (including phenoxy) is 3. The van der Waals surface area contributed by atoms with E-state index in [1.165, 1.54) is 0 Å². The largest absolute Gasteiger partial charge is 0.497 e. The molecule has 2 aromatic heterocycles. The van der Waals surface area contributed by atoms with Gasteiger partial charge in [-0.2, -0.15) is 5.10 Å². The summed E-state index contributed by atoms with van der Waals surface area (Å²) >= 11 is 0. The molecule has 3 aromatic carbocycles. The third-order valence-electron chi connectivity index (χ3n) is 7.24. The van der Waals surface area contributed by atoms with Crippen LogP contribution in [0.1, 0.15) is 33.2 Å². The van der Waals surface area contributed by atoms with Crippen molar-refractivity contribution in [3.8, 4) is 28.5 Å². The molecule has 1 aliphatic heterocycles. The number of nitrogens with one attached hydrogen (secondary N) is 2. The first-order valence-electron chi connectivity index (χ1n) is 12.4. The van der Waals surface area contributed by atoms with Crippen molar-refractivity contribution < 1.29 is 19.0 Å². The van der Waals surface area contributed by atoms with E-state index in [0.29, 0.717) is 18.7 Å². The van der Waals surface area contributed by atoms with Crippen molar-refractivity contribution in [3.63, 3.8) is 0 Å². The van der Waals surface area contributed by atoms with Gasteiger partial charge in [0, 0.05) is 34.8 Å². The molecule has 6 rings (SSSR count). The molecule has 0 fully saturated rings. The smallest absolute Gasteiger partial charge is 0.273 e. The van der Waals surface area contributed by atoms with Gasteiger partial charge in [0.15, 0.2) is 0 Å². The van der Waals surface area contributed by atoms with Gasteiger partial charge in [-0.1, -0.05) is 24.3 Å². The Morgan fingerprint density at radius 2 is 1.63 bits per heavy atom. The third-order valence-corrected chi connectivity index (χ3v) is 7.24. The predicted molar refractivity (Wildman–Crippen MR) is 145 cm³/mol. The number of amides is 1. The lowest BCUT2D eigenvalue weighted by Crippen LogP contribution is -2.31. The molecule has 192 valence electrons. The summed E-state index contributed by atoms with van der Waals surface area (Å²) in [5.74, 6) is 2.23. The quantitative estimate of drug-likeness (QED) is 0.294. The fourth-order valence-electron chi connectivity index (χ4n) is 5.28. The summed E-state index contributed by atoms with van der Waals surface area (Å²) in [5.41, 5.74) is 6.17. The van der Waals surface area contributed by atoms with Crippen molar-refractivity contribution in [3.05, 3.63) is 95.3 Å². The summed E-state index contributed by atoms with van der Waals surface area (Å²) < 4.78 is 16.3. The number of benzene rings is 3. The molecule has 5 aromatic rings. The highest BCUT2D eigenvalue weighted by Crippen LogP contribution is 2.43. The first kappa shape index (κ1) is 23.7. The third kappa shape index (κ3) is 3.94. The van der Waals surface area contributed by atoms with E-state index in [9.17, 15) is 4.79 Å². The molecule has 3 heterocycles. The van der Waals surface area contributed by atoms with Crippen LogP contribution in [0.2, 0.25) is 0 Å². The second kappa shape index (κ2) is 9.63. The average molecular weight is 509 g/mol. The molecule has 38 heavy (non-hydrogen) atoms. The lowest BCUT2D eigenvalue weighted by atomic mass is 9.95. The maximum atomic E-state index is 13.8. The zero-order valence-electron chi connectivity index (χ0n) is 21.4. The Morgan fingerprint density at radius 3 is 2.39 bits per heavy atom. The molecule has 1 aliphatic rings. The Kier molecular flexibility index (Phi) is 5.99. The minimum absolute atomic E-state index is 0.0696. The van der Waals surface area contributed by atoms with Gasteiger partial charge in [0.25, 0.3) is 5.91 Å². The topological polar surface area (TPSA) is 92.5 Å². The van der Waals surface area contributed by atoms with Gasteiger partial charge in [-0.3, -0.25) is 9.89 Å². The fraction of sp³-hybridized carbons (Fsp3) is 0.200. The number of methoxy groups -OCH3 is 3. The van der Waals surface area contributed by atoms with Crippen molar-refractivity contribution in [2.45, 2.75) is 12.5 Å². The summed E-state index contributed by atoms with van der Waals surface area (Å²) in [5, 5.41) is 8.70. The van der Waals surface area contributed by atoms with Gasteiger partial charge in [0.1, 0.15) is 22.9 Å². The van der Waals surface area contributed by atoms with E-state index in [2.05, 4.69) is 15.2 Å². The number of H-pyrrole nitrogens is 2. The monoisotopic (exact) mass is 508 g/mol. The zero-order chi connectivity index (χ0) is 26.2. The molecule has 0 bridgehead atoms. The molecule has 8 heteroatoms. The molecule has 0 radical (unpaired) electrons. The lowest BCUT2D eigenvalue weighted by Gasteiger charge is -2.26. The number of nitrogens with zero attached hydrogens (tertiary/aromatic N) is 2. The summed E-state index contributed by atoms with van der Waals surface area (Å²) in [6.45, 7) is 0.528. The fourth-order valence-corrected chi connectivity index (χ4v) is 5.28. The molecule has 0 aliphatic carbocycles. The molecule has 0 saturated carbocycles. The standard InChI is InChI=1S/C30H28N4O4/c1-36-21-9-7-18(8-10-21)29-26-27(19-5-4-6-22(15-19)37-2)32-33-28(26)30(35)34(29)14-13-20-17-31-25-12-11-23(38-3)16-24(20)25/h4-12,15-17,29,31H,13-14H2,1-3H3,(H,32,33)/t29-/m0/s1. The van der Waals surface area contributed by atoms with Gasteiger partial charge < -0.3 is 24.1 Å². The zero-order valence-corrected chi connectivity index (χ0v) is 21.4. The molecule has 0 unspecified atom stereocenters. The predicted octanol–water partition coefficient (Wildman–Crippen LogP) is 5.37. The highest BCUT2D eigenvalue weighted by atomic mass is 16.5. The van der Waals surface area contributed by atoms with Crippen LogP contribution in [0.15, 0.2) is 72.9 Å². The van der Waals surface area contributed by atoms with Crippen LogP contribution in [-0.2, 0) is 6.42 Å². The minimum Gasteiger partial charge on any atom is -0.497 e. The van der Waals surface area contributed by atoms with Gasteiger partial charge in [-0.15, -0.1) is 0 Å². The molecule has 1 atom stereocenters. The number of carbonyl (C=O) groups excluding carboxylic acids is 1. The second-order valence-corrected chi connectivity index (χ2v) is 9.24. The number of hydrogen-bond acceptors (Lipinski definition) is 5. The van der Waals surface area contributed by atoms with Gasteiger partial charge in [-0.05, 0) is 60.0 Å². The number of aromatic nitrogens is 3. The number of fused-ring (bicyclic) bond motifs is 2. The first-order chi connectivity index (χ1) is 18.6. The SMILES string of the molecule is COc1ccc([C@H]2c3c(-c4cccc(OC)c4)n[nH]c3C(=O)N2CCc2c[nH]c3ccc(OC)cc23)cc1. The molecule has 0 spiro atoms. The Labute approximate surface area is 220 Å². The van der Waals surface area contributed by atoms with Crippen LogP contribution < -0.4 is 14.2 Å². The number of rotatable bonds is 8. The molecule has 0 saturated heterocycles. The van der Waals surface area contributed by atoms with Gasteiger partial charge in [-0.25, -0.2) is 0 Å². The van der Waals surface area contributed by atoms with Crippen molar-refractivity contribution >= 4 is 16.8 Å². The van der Waals surface area contributed by atoms with Crippen LogP contribution in [0.4, 0.5) is 0 Å². The van der Waals surface area contributed by atoms with Crippen molar-refractivity contribution in [2.24, 2.45) is 0 Å². The maximum absolute atomic E-state index is 13.8. The summed E-state index contributed by atoms with van der Waals surface area (Å²) in [6, 6.07) is 21.3. The van der Waals surface area contributed by atoms with E-state index < -0.39 is 0 Å². The summed E-state index contributed by atoms with van der Waals surface area (Å²) in [7, 11) is 4.95. The highest BCUT2D eigenvalue weighted by molar-refractivity contribution is 6.00. The Bertz CT molecular complexity index is 1620. The van der Waals surface area contributed by atoms with Crippen LogP contribution in [0, 0.1) is 0 Å². The van der Waals surface area contributed by atoms with E-state index in [0.717, 1.165) is 56.1 Å². The molecule has 1 amide bonds. The molecular weight excluding hydrogens is 480 g/mol. The molecular formula is C30H28N4O4. The van der Waals surface area contributed by atoms with E-state index in [4.69, 9.17) is 14.2 Å². The Hall–Kier alpha value is -4.72. The van der Waals surface area contributed by atoms with Crippen LogP contribution >= 0.6 is 0 Å². The average Bonchev–Trinajstić information content (AvgIpc) is 3.65. The van der Waals surface area contributed by atoms with E-state index in [1.807, 2.05) is 77.8 Å². The second-order valence-electron chi connectivity index (χ2n) is 9.24. The highest BCUT2D eigenvalue weighted by Gasteiger charge is 2.42. The van der Waals surface area contributed by atoms with E-state index >= 15 is 0 Å². The van der Waals surface area contributed by atoms with Crippen molar-refractivity contribution in [1.29, 1.82) is 0 Å². The molecule has 2 N–H and O–H groups in total. The Balaban J connectivity index is 1.40. The summed E-state index contributed by atoms with van der Waals surface area (Å²) in [6.07, 6.45) is 2.69. The van der Waals surface area contributed by atoms with Crippen LogP contribution in [0.5, 0.6) is 17.2 Å². The van der Waals surface area contributed by atoms with E-state index in [1.54, 1.807) is 21.3 Å². The van der Waals surface area contributed by atoms with Gasteiger partial charge in [0.05, 0.1) is 33.1 Å².